The first kappa shape index (κ1) is 73.4. The average molecular weight is 1620 g/mol. The lowest BCUT2D eigenvalue weighted by molar-refractivity contribution is 1.19. The Balaban J connectivity index is 0.0000001000. The van der Waals surface area contributed by atoms with Crippen molar-refractivity contribution < 1.29 is 0 Å². The highest BCUT2D eigenvalue weighted by atomic mass is 15.1. The summed E-state index contributed by atoms with van der Waals surface area (Å²) in [6.45, 7) is 0. The molecule has 0 aliphatic carbocycles. The third-order valence-corrected chi connectivity index (χ3v) is 22.7. The van der Waals surface area contributed by atoms with Crippen LogP contribution < -0.4 is 10.6 Å². The van der Waals surface area contributed by atoms with Gasteiger partial charge in [0.05, 0.1) is 68.3 Å². The van der Waals surface area contributed by atoms with E-state index in [0.717, 1.165) is 200 Å². The summed E-state index contributed by atoms with van der Waals surface area (Å²) in [7, 11) is 0. The predicted molar refractivity (Wildman–Crippen MR) is 514 cm³/mol. The molecule has 19 aromatic rings. The van der Waals surface area contributed by atoms with E-state index < -0.39 is 0 Å². The second-order valence-electron chi connectivity index (χ2n) is 30.7. The van der Waals surface area contributed by atoms with Crippen LogP contribution in [0.1, 0.15) is 22.8 Å². The second kappa shape index (κ2) is 31.4. The number of aromatic amines is 6. The first-order valence-corrected chi connectivity index (χ1v) is 41.4. The first-order valence-electron chi connectivity index (χ1n) is 41.4. The van der Waals surface area contributed by atoms with E-state index >= 15 is 0 Å². The fourth-order valence-electron chi connectivity index (χ4n) is 16.8. The Morgan fingerprint density at radius 3 is 0.810 bits per heavy atom. The van der Waals surface area contributed by atoms with Gasteiger partial charge in [0, 0.05) is 157 Å². The molecule has 8 N–H and O–H groups in total. The molecule has 26 rings (SSSR count). The van der Waals surface area contributed by atoms with E-state index in [1.165, 1.54) is 0 Å². The summed E-state index contributed by atoms with van der Waals surface area (Å²) in [5.74, 6) is 2.39. The van der Waals surface area contributed by atoms with Gasteiger partial charge in [-0.2, -0.15) is 0 Å². The molecular formula is C106H70N20. The number of anilines is 2. The molecule has 7 aliphatic heterocycles. The summed E-state index contributed by atoms with van der Waals surface area (Å²) < 4.78 is 0. The van der Waals surface area contributed by atoms with E-state index in [0.29, 0.717) is 45.9 Å². The fourth-order valence-corrected chi connectivity index (χ4v) is 16.8. The Labute approximate surface area is 718 Å². The van der Waals surface area contributed by atoms with Crippen molar-refractivity contribution in [3.8, 4) is 90.6 Å². The van der Waals surface area contributed by atoms with Crippen molar-refractivity contribution in [2.24, 2.45) is 9.98 Å². The van der Waals surface area contributed by atoms with Crippen LogP contribution >= 0.6 is 0 Å². The normalized spacial score (nSPS) is 12.9. The van der Waals surface area contributed by atoms with Gasteiger partial charge in [0.15, 0.2) is 23.3 Å². The van der Waals surface area contributed by atoms with Crippen molar-refractivity contribution in [2.75, 3.05) is 10.6 Å². The molecule has 24 bridgehead atoms. The fraction of sp³-hybridized carbons (Fsp3) is 0. The lowest BCUT2D eigenvalue weighted by Gasteiger charge is -2.05. The highest BCUT2D eigenvalue weighted by Crippen LogP contribution is 2.43. The number of aromatic nitrogens is 16. The summed E-state index contributed by atoms with van der Waals surface area (Å²) in [5.41, 5.74) is 30.5. The number of para-hydroxylation sites is 4. The molecule has 10 aromatic carbocycles. The van der Waals surface area contributed by atoms with Gasteiger partial charge in [0.25, 0.3) is 0 Å². The molecule has 126 heavy (non-hydrogen) atoms. The maximum atomic E-state index is 5.17. The van der Waals surface area contributed by atoms with Crippen LogP contribution in [0.4, 0.5) is 22.7 Å². The van der Waals surface area contributed by atoms with Crippen LogP contribution in [-0.4, -0.2) is 92.2 Å². The first-order chi connectivity index (χ1) is 62.3. The minimum atomic E-state index is 0.597. The summed E-state index contributed by atoms with van der Waals surface area (Å²) in [4.78, 5) is 79.4. The van der Waals surface area contributed by atoms with Crippen molar-refractivity contribution in [3.05, 3.63) is 363 Å². The van der Waals surface area contributed by atoms with Crippen molar-refractivity contribution >= 4 is 169 Å². The lowest BCUT2D eigenvalue weighted by Crippen LogP contribution is -1.90. The number of H-pyrrole nitrogens is 6. The van der Waals surface area contributed by atoms with Crippen molar-refractivity contribution in [2.45, 2.75) is 0 Å². The highest BCUT2D eigenvalue weighted by Gasteiger charge is 2.24. The molecule has 0 radical (unpaired) electrons. The highest BCUT2D eigenvalue weighted by molar-refractivity contribution is 6.12. The topological polar surface area (TPSA) is 272 Å². The largest absolute Gasteiger partial charge is 0.360 e. The molecule has 20 nitrogen and oxygen atoms in total. The molecule has 0 spiro atoms. The zero-order chi connectivity index (χ0) is 83.4. The Hall–Kier alpha value is -17.8. The van der Waals surface area contributed by atoms with Crippen LogP contribution in [0, 0.1) is 0 Å². The van der Waals surface area contributed by atoms with Gasteiger partial charge in [-0.3, -0.25) is 9.98 Å². The quantitative estimate of drug-likeness (QED) is 0.0704. The Bertz CT molecular complexity index is 7340. The van der Waals surface area contributed by atoms with E-state index in [9.17, 15) is 0 Å². The molecule has 0 amide bonds. The maximum absolute atomic E-state index is 5.17. The zero-order valence-electron chi connectivity index (χ0n) is 67.2. The van der Waals surface area contributed by atoms with E-state index in [1.54, 1.807) is 12.4 Å². The number of allylic oxidation sites excluding steroid dienone is 2. The molecule has 0 fully saturated rings. The van der Waals surface area contributed by atoms with Gasteiger partial charge >= 0.3 is 0 Å². The molecule has 16 heterocycles. The summed E-state index contributed by atoms with van der Waals surface area (Å²) in [6.07, 6.45) is 19.0. The minimum absolute atomic E-state index is 0.597. The molecule has 0 saturated heterocycles. The molecule has 20 heteroatoms. The molecule has 594 valence electrons. The monoisotopic (exact) mass is 1620 g/mol. The van der Waals surface area contributed by atoms with Gasteiger partial charge in [-0.05, 0) is 134 Å². The lowest BCUT2D eigenvalue weighted by atomic mass is 10.0. The van der Waals surface area contributed by atoms with Crippen LogP contribution in [0.2, 0.25) is 0 Å². The molecule has 0 unspecified atom stereocenters. The summed E-state index contributed by atoms with van der Waals surface area (Å²) in [6, 6.07) is 107. The van der Waals surface area contributed by atoms with E-state index in [-0.39, 0.29) is 0 Å². The van der Waals surface area contributed by atoms with Crippen molar-refractivity contribution in [3.63, 3.8) is 0 Å². The van der Waals surface area contributed by atoms with Gasteiger partial charge in [0.2, 0.25) is 0 Å². The SMILES string of the molecule is C1=Cc2cc3ccc(cc4ccc(cc5nc(cc1n2)C=C5)[nH]4)[nH]3.C1=Nc2ccccc2N/C=C\C=Nc2ccccc2N/C=C\1.c1ccc2c(c1)-c1cc3[nH]c(cc4nc(cc5[nH]c(cc-2n1)c1ccccc51)-c1ccccc1-4)c1ccccc31.c1ccc2c(c1)-c1nc-2nc2[nH]c(nc3nc(nc4[nH]c(n1)c1ccccc41)-c1ccccc1-3)c1ccccc21. The van der Waals surface area contributed by atoms with Crippen LogP contribution in [0.25, 0.3) is 225 Å². The van der Waals surface area contributed by atoms with E-state index in [4.69, 9.17) is 39.9 Å². The van der Waals surface area contributed by atoms with Crippen molar-refractivity contribution in [1.82, 2.24) is 79.7 Å². The Morgan fingerprint density at radius 2 is 0.476 bits per heavy atom. The number of nitrogens with zero attached hydrogens (tertiary/aromatic N) is 12. The molecular weight excluding hydrogens is 1550 g/mol. The zero-order valence-corrected chi connectivity index (χ0v) is 67.2. The standard InChI is InChI=1S/C36H22N4.C32H18N8.C20H14N4.C18H16N4/c1-2-10-22-21(9-1)29-17-31-23-11-3-4-12-24(23)33(38-31)19-35-27-15-7-8-16-28(27)36(40-35)20-34-26-14-6-5-13-25(26)32(39-34)18-30(22)37-29;1-2-10-18-17(9-1)25-33-26(18)38-28-21-13-5-6-14-22(21)30(35-28)40-32-24-16-8-7-15-23(24)31(36-32)39-29-20-12-4-3-11-19(20)27(34-29)37-25;1-2-14-10-16-5-6-18(23-16)12-20-8-7-19(24-20)11-17-4-3-15(22-17)9-13(1)21-14;1-2-8-16-15(7-1)19-11-5-13-21-17-9-3-4-10-18(17)22-14-6-12-20-16/h1-20,37,40H;1-16H,(H2,33,34,35,36,37,38,39,40);1-12,21-22H;1-14,19,22H/b;;;11-5-,14-6-,20-12?,21-13?. The molecule has 0 atom stereocenters. The maximum Gasteiger partial charge on any atom is 0.164 e. The van der Waals surface area contributed by atoms with E-state index in [1.807, 2.05) is 213 Å². The van der Waals surface area contributed by atoms with Gasteiger partial charge in [-0.15, -0.1) is 0 Å². The van der Waals surface area contributed by atoms with E-state index in [2.05, 4.69) is 212 Å². The minimum Gasteiger partial charge on any atom is -0.360 e. The van der Waals surface area contributed by atoms with Gasteiger partial charge in [-0.25, -0.2) is 49.8 Å². The number of hydrogen-bond acceptors (Lipinski definition) is 14. The van der Waals surface area contributed by atoms with Crippen LogP contribution in [0.15, 0.2) is 350 Å². The summed E-state index contributed by atoms with van der Waals surface area (Å²) in [5, 5.41) is 14.9. The predicted octanol–water partition coefficient (Wildman–Crippen LogP) is 25.5. The third kappa shape index (κ3) is 14.2. The number of rotatable bonds is 0. The Kier molecular flexibility index (Phi) is 18.3. The van der Waals surface area contributed by atoms with Crippen LogP contribution in [-0.2, 0) is 0 Å². The van der Waals surface area contributed by atoms with Crippen LogP contribution in [0.3, 0.4) is 0 Å². The Morgan fingerprint density at radius 1 is 0.198 bits per heavy atom. The second-order valence-corrected chi connectivity index (χ2v) is 30.7. The summed E-state index contributed by atoms with van der Waals surface area (Å²) >= 11 is 0. The number of nitrogens with one attached hydrogen (secondary N) is 8. The number of hydrogen-bond donors (Lipinski definition) is 8. The number of aliphatic imine (C=N–C) groups is 2. The third-order valence-electron chi connectivity index (χ3n) is 22.7. The molecule has 0 saturated carbocycles. The van der Waals surface area contributed by atoms with Crippen molar-refractivity contribution in [1.29, 1.82) is 0 Å². The molecule has 9 aromatic heterocycles. The average Bonchev–Trinajstić information content (AvgIpc) is 1.60. The number of fused-ring (bicyclic) bond motifs is 50. The van der Waals surface area contributed by atoms with Crippen LogP contribution in [0.5, 0.6) is 0 Å². The smallest absolute Gasteiger partial charge is 0.164 e. The van der Waals surface area contributed by atoms with Gasteiger partial charge in [-0.1, -0.05) is 218 Å². The number of benzene rings is 10. The van der Waals surface area contributed by atoms with Gasteiger partial charge < -0.3 is 40.5 Å². The van der Waals surface area contributed by atoms with Gasteiger partial charge in [0.1, 0.15) is 22.6 Å². The molecule has 7 aliphatic rings.